The molecule has 0 bridgehead atoms. The van der Waals surface area contributed by atoms with Crippen LogP contribution in [0.25, 0.3) is 0 Å². The first-order valence-electron chi connectivity index (χ1n) is 5.65. The molecule has 0 N–H and O–H groups in total. The summed E-state index contributed by atoms with van der Waals surface area (Å²) in [6.45, 7) is 12.0. The van der Waals surface area contributed by atoms with Gasteiger partial charge in [0.05, 0.1) is 0 Å². The number of pyridine rings is 1. The van der Waals surface area contributed by atoms with E-state index in [9.17, 15) is 4.79 Å². The Hall–Kier alpha value is -1.18. The normalized spacial score (nSPS) is 12.6. The van der Waals surface area contributed by atoms with Crippen molar-refractivity contribution in [2.45, 2.75) is 47.0 Å². The molecule has 1 rings (SSSR count). The molecule has 0 aliphatic rings. The molecule has 1 heterocycles. The van der Waals surface area contributed by atoms with Gasteiger partial charge in [-0.1, -0.05) is 47.6 Å². The summed E-state index contributed by atoms with van der Waals surface area (Å²) in [4.78, 5) is 16.5. The van der Waals surface area contributed by atoms with Gasteiger partial charge in [0.25, 0.3) is 0 Å². The fourth-order valence-electron chi connectivity index (χ4n) is 1.36. The van der Waals surface area contributed by atoms with Gasteiger partial charge in [0.2, 0.25) is 0 Å². The Morgan fingerprint density at radius 1 is 1.06 bits per heavy atom. The van der Waals surface area contributed by atoms with Crippen molar-refractivity contribution in [1.82, 2.24) is 4.98 Å². The van der Waals surface area contributed by atoms with Gasteiger partial charge in [0.15, 0.2) is 5.78 Å². The molecular weight excluding hydrogens is 198 g/mol. The smallest absolute Gasteiger partial charge is 0.186 e. The van der Waals surface area contributed by atoms with Crippen molar-refractivity contribution in [2.24, 2.45) is 5.41 Å². The minimum absolute atomic E-state index is 0.0197. The Morgan fingerprint density at radius 2 is 1.62 bits per heavy atom. The van der Waals surface area contributed by atoms with Crippen LogP contribution in [0.4, 0.5) is 0 Å². The average molecular weight is 219 g/mol. The van der Waals surface area contributed by atoms with Crippen LogP contribution in [0.3, 0.4) is 0 Å². The molecule has 0 radical (unpaired) electrons. The Labute approximate surface area is 98.1 Å². The van der Waals surface area contributed by atoms with E-state index in [-0.39, 0.29) is 16.6 Å². The zero-order valence-electron chi connectivity index (χ0n) is 11.1. The van der Waals surface area contributed by atoms with Crippen molar-refractivity contribution in [3.63, 3.8) is 0 Å². The van der Waals surface area contributed by atoms with Crippen LogP contribution >= 0.6 is 0 Å². The number of aromatic nitrogens is 1. The van der Waals surface area contributed by atoms with Crippen molar-refractivity contribution >= 4 is 5.78 Å². The molecule has 0 fully saturated rings. The van der Waals surface area contributed by atoms with E-state index in [2.05, 4.69) is 25.8 Å². The summed E-state index contributed by atoms with van der Waals surface area (Å²) in [6, 6.07) is 5.68. The summed E-state index contributed by atoms with van der Waals surface area (Å²) in [5.74, 6) is 0.0959. The quantitative estimate of drug-likeness (QED) is 0.675. The summed E-state index contributed by atoms with van der Waals surface area (Å²) in [7, 11) is 0. The van der Waals surface area contributed by atoms with E-state index in [1.807, 2.05) is 32.9 Å². The van der Waals surface area contributed by atoms with Gasteiger partial charge in [0.1, 0.15) is 5.69 Å². The molecule has 0 aromatic carbocycles. The minimum Gasteiger partial charge on any atom is -0.292 e. The molecule has 0 spiro atoms. The maximum absolute atomic E-state index is 12.1. The van der Waals surface area contributed by atoms with E-state index in [0.29, 0.717) is 5.69 Å². The third-order valence-corrected chi connectivity index (χ3v) is 2.43. The highest BCUT2D eigenvalue weighted by Crippen LogP contribution is 2.23. The number of rotatable bonds is 1. The standard InChI is InChI=1S/C14H21NO/c1-13(2,3)11-9-7-8-10(15-11)12(16)14(4,5)6/h7-9H,1-6H3. The molecule has 16 heavy (non-hydrogen) atoms. The summed E-state index contributed by atoms with van der Waals surface area (Å²) in [5.41, 5.74) is 1.14. The van der Waals surface area contributed by atoms with Crippen LogP contribution in [-0.2, 0) is 5.41 Å². The van der Waals surface area contributed by atoms with E-state index in [1.165, 1.54) is 0 Å². The number of carbonyl (C=O) groups is 1. The molecule has 0 amide bonds. The fraction of sp³-hybridized carbons (Fsp3) is 0.571. The molecule has 88 valence electrons. The second-order valence-corrected chi connectivity index (χ2v) is 6.24. The monoisotopic (exact) mass is 219 g/mol. The topological polar surface area (TPSA) is 30.0 Å². The number of Topliss-reactive ketones (excluding diaryl/α,β-unsaturated/α-hetero) is 1. The Bertz CT molecular complexity index is 394. The van der Waals surface area contributed by atoms with E-state index >= 15 is 0 Å². The highest BCUT2D eigenvalue weighted by atomic mass is 16.1. The van der Waals surface area contributed by atoms with Crippen LogP contribution in [0.1, 0.15) is 57.7 Å². The molecule has 0 saturated carbocycles. The van der Waals surface area contributed by atoms with Crippen LogP contribution in [0.15, 0.2) is 18.2 Å². The second-order valence-electron chi connectivity index (χ2n) is 6.24. The van der Waals surface area contributed by atoms with E-state index in [0.717, 1.165) is 5.69 Å². The molecule has 1 aromatic heterocycles. The largest absolute Gasteiger partial charge is 0.292 e. The van der Waals surface area contributed by atoms with Gasteiger partial charge in [-0.05, 0) is 12.1 Å². The third kappa shape index (κ3) is 2.91. The molecule has 0 unspecified atom stereocenters. The van der Waals surface area contributed by atoms with Gasteiger partial charge in [-0.15, -0.1) is 0 Å². The van der Waals surface area contributed by atoms with Gasteiger partial charge in [-0.3, -0.25) is 4.79 Å². The Morgan fingerprint density at radius 3 is 2.06 bits per heavy atom. The molecule has 2 nitrogen and oxygen atoms in total. The molecule has 0 saturated heterocycles. The number of ketones is 1. The lowest BCUT2D eigenvalue weighted by Gasteiger charge is -2.20. The molecular formula is C14H21NO. The Kier molecular flexibility index (Phi) is 3.22. The van der Waals surface area contributed by atoms with Crippen LogP contribution < -0.4 is 0 Å². The van der Waals surface area contributed by atoms with E-state index < -0.39 is 0 Å². The number of hydrogen-bond acceptors (Lipinski definition) is 2. The lowest BCUT2D eigenvalue weighted by Crippen LogP contribution is -2.23. The van der Waals surface area contributed by atoms with Crippen LogP contribution in [-0.4, -0.2) is 10.8 Å². The van der Waals surface area contributed by atoms with E-state index in [1.54, 1.807) is 6.07 Å². The van der Waals surface area contributed by atoms with Crippen LogP contribution in [0.5, 0.6) is 0 Å². The lowest BCUT2D eigenvalue weighted by molar-refractivity contribution is 0.0852. The van der Waals surface area contributed by atoms with Crippen molar-refractivity contribution in [2.75, 3.05) is 0 Å². The highest BCUT2D eigenvalue weighted by molar-refractivity contribution is 5.98. The first-order chi connectivity index (χ1) is 7.12. The van der Waals surface area contributed by atoms with Crippen molar-refractivity contribution < 1.29 is 4.79 Å². The van der Waals surface area contributed by atoms with E-state index in [4.69, 9.17) is 0 Å². The fourth-order valence-corrected chi connectivity index (χ4v) is 1.36. The molecule has 1 aromatic rings. The summed E-state index contributed by atoms with van der Waals surface area (Å²) in [6.07, 6.45) is 0. The average Bonchev–Trinajstić information content (AvgIpc) is 2.14. The highest BCUT2D eigenvalue weighted by Gasteiger charge is 2.25. The first-order valence-corrected chi connectivity index (χ1v) is 5.65. The number of nitrogens with zero attached hydrogens (tertiary/aromatic N) is 1. The molecule has 0 aliphatic heterocycles. The van der Waals surface area contributed by atoms with Crippen molar-refractivity contribution in [1.29, 1.82) is 0 Å². The summed E-state index contributed by atoms with van der Waals surface area (Å²) >= 11 is 0. The zero-order valence-corrected chi connectivity index (χ0v) is 11.1. The first kappa shape index (κ1) is 12.9. The Balaban J connectivity index is 3.14. The molecule has 0 aliphatic carbocycles. The SMILES string of the molecule is CC(C)(C)C(=O)c1cccc(C(C)(C)C)n1. The van der Waals surface area contributed by atoms with Gasteiger partial charge >= 0.3 is 0 Å². The predicted octanol–water partition coefficient (Wildman–Crippen LogP) is 3.61. The van der Waals surface area contributed by atoms with Crippen LogP contribution in [0.2, 0.25) is 0 Å². The number of carbonyl (C=O) groups excluding carboxylic acids is 1. The van der Waals surface area contributed by atoms with Gasteiger partial charge in [-0.25, -0.2) is 4.98 Å². The zero-order chi connectivity index (χ0) is 12.6. The van der Waals surface area contributed by atoms with Gasteiger partial charge < -0.3 is 0 Å². The van der Waals surface area contributed by atoms with Crippen LogP contribution in [0, 0.1) is 5.41 Å². The van der Waals surface area contributed by atoms with Crippen molar-refractivity contribution in [3.8, 4) is 0 Å². The lowest BCUT2D eigenvalue weighted by atomic mass is 9.87. The second kappa shape index (κ2) is 4.00. The number of hydrogen-bond donors (Lipinski definition) is 0. The molecule has 2 heteroatoms. The molecule has 0 atom stereocenters. The van der Waals surface area contributed by atoms with Crippen molar-refractivity contribution in [3.05, 3.63) is 29.6 Å². The van der Waals surface area contributed by atoms with Gasteiger partial charge in [0, 0.05) is 16.5 Å². The third-order valence-electron chi connectivity index (χ3n) is 2.43. The predicted molar refractivity (Wildman–Crippen MR) is 66.7 cm³/mol. The maximum Gasteiger partial charge on any atom is 0.186 e. The summed E-state index contributed by atoms with van der Waals surface area (Å²) in [5, 5.41) is 0. The maximum atomic E-state index is 12.1. The summed E-state index contributed by atoms with van der Waals surface area (Å²) < 4.78 is 0. The minimum atomic E-state index is -0.372. The van der Waals surface area contributed by atoms with Gasteiger partial charge in [-0.2, -0.15) is 0 Å².